The van der Waals surface area contributed by atoms with Crippen LogP contribution in [0, 0.1) is 6.92 Å². The molecule has 2 aromatic carbocycles. The Labute approximate surface area is 173 Å². The van der Waals surface area contributed by atoms with Crippen LogP contribution in [0.4, 0.5) is 0 Å². The number of ether oxygens (including phenoxy) is 3. The number of nitrogens with one attached hydrogen (secondary N) is 1. The van der Waals surface area contributed by atoms with Crippen molar-refractivity contribution < 1.29 is 29.2 Å². The van der Waals surface area contributed by atoms with E-state index in [1.54, 1.807) is 23.7 Å². The maximum absolute atomic E-state index is 12.6. The highest BCUT2D eigenvalue weighted by molar-refractivity contribution is 8.03. The van der Waals surface area contributed by atoms with E-state index >= 15 is 0 Å². The van der Waals surface area contributed by atoms with Gasteiger partial charge in [-0.3, -0.25) is 0 Å². The number of hydrogen-bond acceptors (Lipinski definition) is 7. The number of aryl methyl sites for hydroxylation is 1. The van der Waals surface area contributed by atoms with E-state index in [4.69, 9.17) is 14.2 Å². The molecule has 0 fully saturated rings. The van der Waals surface area contributed by atoms with Crippen molar-refractivity contribution in [2.45, 2.75) is 17.4 Å². The predicted octanol–water partition coefficient (Wildman–Crippen LogP) is 2.95. The average Bonchev–Trinajstić information content (AvgIpc) is 3.23. The largest absolute Gasteiger partial charge is 0.493 e. The summed E-state index contributed by atoms with van der Waals surface area (Å²) in [6.07, 6.45) is 1.62. The zero-order chi connectivity index (χ0) is 21.2. The zero-order valence-electron chi connectivity index (χ0n) is 16.6. The molecule has 8 heteroatoms. The van der Waals surface area contributed by atoms with Gasteiger partial charge in [0.2, 0.25) is 11.4 Å². The number of aliphatic carboxylic acids is 1. The maximum atomic E-state index is 12.6. The Morgan fingerprint density at radius 1 is 1.07 bits per heavy atom. The smallest absolute Gasteiger partial charge is 0.344 e. The van der Waals surface area contributed by atoms with Crippen LogP contribution in [0.5, 0.6) is 17.2 Å². The van der Waals surface area contributed by atoms with Crippen molar-refractivity contribution in [3.63, 3.8) is 0 Å². The highest BCUT2D eigenvalue weighted by Gasteiger charge is 2.60. The quantitative estimate of drug-likeness (QED) is 0.633. The molecule has 1 aliphatic rings. The number of carbonyl (C=O) groups is 1. The number of thioether (sulfide) groups is 1. The predicted molar refractivity (Wildman–Crippen MR) is 110 cm³/mol. The zero-order valence-corrected chi connectivity index (χ0v) is 17.4. The van der Waals surface area contributed by atoms with Crippen LogP contribution in [0.1, 0.15) is 16.7 Å². The molecule has 29 heavy (non-hydrogen) atoms. The molecule has 0 aromatic heterocycles. The lowest BCUT2D eigenvalue weighted by Crippen LogP contribution is -2.57. The Morgan fingerprint density at radius 3 is 2.07 bits per heavy atom. The van der Waals surface area contributed by atoms with E-state index in [9.17, 15) is 15.0 Å². The standard InChI is InChI=1S/C21H23NO6S/c1-13-5-7-14(8-6-13)21(22-9-10-29-21)20(25,19(23)24)15-11-16(26-2)18(28-4)17(12-15)27-3/h5-12,22,25H,1-4H3,(H,23,24). The Hall–Kier alpha value is -2.84. The number of carboxylic acid groups (broad SMARTS) is 1. The molecule has 0 saturated heterocycles. The van der Waals surface area contributed by atoms with Crippen molar-refractivity contribution >= 4 is 17.7 Å². The topological polar surface area (TPSA) is 97.3 Å². The molecule has 0 amide bonds. The molecule has 7 nitrogen and oxygen atoms in total. The number of rotatable bonds is 7. The second-order valence-electron chi connectivity index (χ2n) is 6.54. The lowest BCUT2D eigenvalue weighted by atomic mass is 9.81. The van der Waals surface area contributed by atoms with E-state index in [1.165, 1.54) is 45.2 Å². The van der Waals surface area contributed by atoms with Gasteiger partial charge < -0.3 is 29.7 Å². The molecule has 3 N–H and O–H groups in total. The molecular formula is C21H23NO6S. The summed E-state index contributed by atoms with van der Waals surface area (Å²) in [5, 5.41) is 26.8. The molecule has 0 spiro atoms. The number of carboxylic acids is 1. The van der Waals surface area contributed by atoms with Crippen molar-refractivity contribution in [2.24, 2.45) is 0 Å². The highest BCUT2D eigenvalue weighted by atomic mass is 32.2. The van der Waals surface area contributed by atoms with Gasteiger partial charge in [-0.05, 0) is 30.0 Å². The van der Waals surface area contributed by atoms with Crippen molar-refractivity contribution in [1.82, 2.24) is 5.32 Å². The van der Waals surface area contributed by atoms with Crippen LogP contribution >= 0.6 is 11.8 Å². The number of aliphatic hydroxyl groups is 1. The summed E-state index contributed by atoms with van der Waals surface area (Å²) in [6.45, 7) is 1.94. The summed E-state index contributed by atoms with van der Waals surface area (Å²) in [7, 11) is 4.32. The first-order valence-corrected chi connectivity index (χ1v) is 9.66. The summed E-state index contributed by atoms with van der Waals surface area (Å²) in [4.78, 5) is 11.2. The van der Waals surface area contributed by atoms with E-state index in [-0.39, 0.29) is 17.1 Å². The SMILES string of the molecule is COc1cc(C(O)(C(=O)O)C2(c3ccc(C)cc3)NC=CS2)cc(OC)c1OC. The fourth-order valence-electron chi connectivity index (χ4n) is 3.43. The van der Waals surface area contributed by atoms with Gasteiger partial charge in [-0.1, -0.05) is 41.6 Å². The maximum Gasteiger partial charge on any atom is 0.344 e. The van der Waals surface area contributed by atoms with E-state index < -0.39 is 16.4 Å². The second-order valence-corrected chi connectivity index (χ2v) is 7.66. The average molecular weight is 417 g/mol. The van der Waals surface area contributed by atoms with Crippen LogP contribution in [0.3, 0.4) is 0 Å². The number of methoxy groups -OCH3 is 3. The Kier molecular flexibility index (Phi) is 5.68. The van der Waals surface area contributed by atoms with Gasteiger partial charge in [0.15, 0.2) is 16.4 Å². The minimum Gasteiger partial charge on any atom is -0.493 e. The van der Waals surface area contributed by atoms with Gasteiger partial charge in [-0.25, -0.2) is 4.79 Å². The van der Waals surface area contributed by atoms with Gasteiger partial charge in [-0.2, -0.15) is 0 Å². The first kappa shape index (κ1) is 20.9. The van der Waals surface area contributed by atoms with Crippen LogP contribution < -0.4 is 19.5 Å². The third-order valence-corrected chi connectivity index (χ3v) is 6.23. The summed E-state index contributed by atoms with van der Waals surface area (Å²) in [5.74, 6) is -0.620. The van der Waals surface area contributed by atoms with Gasteiger partial charge in [-0.15, -0.1) is 0 Å². The molecule has 0 saturated carbocycles. The molecule has 3 rings (SSSR count). The van der Waals surface area contributed by atoms with Gasteiger partial charge in [0.05, 0.1) is 21.3 Å². The van der Waals surface area contributed by atoms with Gasteiger partial charge in [0.1, 0.15) is 0 Å². The van der Waals surface area contributed by atoms with Crippen LogP contribution in [-0.2, 0) is 15.3 Å². The van der Waals surface area contributed by atoms with Crippen LogP contribution in [0.15, 0.2) is 48.0 Å². The molecule has 2 unspecified atom stereocenters. The van der Waals surface area contributed by atoms with Gasteiger partial charge >= 0.3 is 5.97 Å². The first-order valence-electron chi connectivity index (χ1n) is 8.78. The fourth-order valence-corrected chi connectivity index (χ4v) is 4.55. The van der Waals surface area contributed by atoms with Gasteiger partial charge in [0.25, 0.3) is 0 Å². The van der Waals surface area contributed by atoms with Crippen LogP contribution in [0.25, 0.3) is 0 Å². The molecule has 154 valence electrons. The van der Waals surface area contributed by atoms with Crippen molar-refractivity contribution in [3.8, 4) is 17.2 Å². The third kappa shape index (κ3) is 3.18. The van der Waals surface area contributed by atoms with Crippen LogP contribution in [0.2, 0.25) is 0 Å². The highest BCUT2D eigenvalue weighted by Crippen LogP contribution is 2.53. The number of hydrogen-bond donors (Lipinski definition) is 3. The first-order chi connectivity index (χ1) is 13.8. The normalized spacial score (nSPS) is 19.9. The number of benzene rings is 2. The summed E-state index contributed by atoms with van der Waals surface area (Å²) >= 11 is 1.18. The molecule has 2 aromatic rings. The Bertz CT molecular complexity index is 910. The molecule has 0 radical (unpaired) electrons. The van der Waals surface area contributed by atoms with Gasteiger partial charge in [0, 0.05) is 11.8 Å². The van der Waals surface area contributed by atoms with E-state index in [1.807, 2.05) is 19.1 Å². The second kappa shape index (κ2) is 7.88. The molecule has 1 heterocycles. The lowest BCUT2D eigenvalue weighted by Gasteiger charge is -2.42. The third-order valence-electron chi connectivity index (χ3n) is 4.96. The Balaban J connectivity index is 2.29. The van der Waals surface area contributed by atoms with Crippen LogP contribution in [-0.4, -0.2) is 37.5 Å². The molecule has 2 atom stereocenters. The summed E-state index contributed by atoms with van der Waals surface area (Å²) in [5.41, 5.74) is -0.657. The van der Waals surface area contributed by atoms with Crippen molar-refractivity contribution in [3.05, 3.63) is 64.7 Å². The molecule has 0 aliphatic carbocycles. The minimum atomic E-state index is -2.37. The van der Waals surface area contributed by atoms with E-state index in [0.717, 1.165) is 5.56 Å². The molecule has 1 aliphatic heterocycles. The summed E-state index contributed by atoms with van der Waals surface area (Å²) < 4.78 is 16.0. The fraction of sp³-hybridized carbons (Fsp3) is 0.286. The van der Waals surface area contributed by atoms with Crippen molar-refractivity contribution in [1.29, 1.82) is 0 Å². The summed E-state index contributed by atoms with van der Waals surface area (Å²) in [6, 6.07) is 10.2. The molecular weight excluding hydrogens is 394 g/mol. The Morgan fingerprint density at radius 2 is 1.66 bits per heavy atom. The van der Waals surface area contributed by atoms with Crippen molar-refractivity contribution in [2.75, 3.05) is 21.3 Å². The van der Waals surface area contributed by atoms with E-state index in [0.29, 0.717) is 11.3 Å². The molecule has 0 bridgehead atoms. The minimum absolute atomic E-state index is 0.0868. The monoisotopic (exact) mass is 417 g/mol. The van der Waals surface area contributed by atoms with E-state index in [2.05, 4.69) is 5.32 Å². The lowest BCUT2D eigenvalue weighted by molar-refractivity contribution is -0.165.